The number of aromatic nitrogens is 2. The Labute approximate surface area is 120 Å². The minimum absolute atomic E-state index is 0.0226. The molecule has 2 N–H and O–H groups in total. The fourth-order valence-electron chi connectivity index (χ4n) is 2.32. The highest BCUT2D eigenvalue weighted by Crippen LogP contribution is 2.25. The van der Waals surface area contributed by atoms with Crippen LogP contribution in [0.1, 0.15) is 37.6 Å². The van der Waals surface area contributed by atoms with Gasteiger partial charge in [0.05, 0.1) is 12.3 Å². The van der Waals surface area contributed by atoms with Gasteiger partial charge in [0, 0.05) is 42.0 Å². The molecule has 0 radical (unpaired) electrons. The Balaban J connectivity index is 2.19. The number of nitrogens with zero attached hydrogens (tertiary/aromatic N) is 2. The quantitative estimate of drug-likeness (QED) is 0.900. The van der Waals surface area contributed by atoms with Crippen LogP contribution in [0.4, 0.5) is 5.69 Å². The van der Waals surface area contributed by atoms with E-state index < -0.39 is 0 Å². The maximum Gasteiger partial charge on any atom is 0.0727 e. The first-order valence-electron chi connectivity index (χ1n) is 6.87. The zero-order valence-corrected chi connectivity index (χ0v) is 12.6. The van der Waals surface area contributed by atoms with Crippen LogP contribution in [-0.2, 0) is 25.6 Å². The van der Waals surface area contributed by atoms with Crippen LogP contribution in [0.2, 0.25) is 0 Å². The summed E-state index contributed by atoms with van der Waals surface area (Å²) < 4.78 is 1.86. The topological polar surface area (TPSA) is 50.1 Å². The molecule has 0 aliphatic rings. The van der Waals surface area contributed by atoms with Gasteiger partial charge in [0.2, 0.25) is 0 Å². The van der Waals surface area contributed by atoms with Crippen LogP contribution in [0.5, 0.6) is 0 Å². The highest BCUT2D eigenvalue weighted by molar-refractivity contribution is 5.51. The number of anilines is 1. The van der Waals surface area contributed by atoms with E-state index >= 15 is 0 Å². The molecule has 1 aromatic heterocycles. The molecule has 0 saturated heterocycles. The Kier molecular flexibility index (Phi) is 4.14. The number of para-hydroxylation sites is 1. The molecule has 0 aliphatic heterocycles. The Morgan fingerprint density at radius 3 is 2.55 bits per heavy atom. The number of aliphatic hydroxyl groups is 1. The Morgan fingerprint density at radius 1 is 1.20 bits per heavy atom. The number of hydrogen-bond acceptors (Lipinski definition) is 3. The summed E-state index contributed by atoms with van der Waals surface area (Å²) in [5.41, 5.74) is 4.20. The van der Waals surface area contributed by atoms with Gasteiger partial charge in [-0.15, -0.1) is 0 Å². The molecule has 2 rings (SSSR count). The molecule has 0 atom stereocenters. The van der Waals surface area contributed by atoms with Gasteiger partial charge in [-0.1, -0.05) is 39.0 Å². The first-order chi connectivity index (χ1) is 9.41. The average Bonchev–Trinajstić information content (AvgIpc) is 2.78. The van der Waals surface area contributed by atoms with Crippen LogP contribution in [-0.4, -0.2) is 14.9 Å². The molecule has 0 saturated carbocycles. The van der Waals surface area contributed by atoms with E-state index in [2.05, 4.69) is 37.4 Å². The molecule has 1 aromatic carbocycles. The summed E-state index contributed by atoms with van der Waals surface area (Å²) in [5, 5.41) is 17.3. The predicted octanol–water partition coefficient (Wildman–Crippen LogP) is 2.82. The van der Waals surface area contributed by atoms with Crippen LogP contribution < -0.4 is 5.32 Å². The molecule has 20 heavy (non-hydrogen) atoms. The van der Waals surface area contributed by atoms with E-state index in [4.69, 9.17) is 0 Å². The zero-order valence-electron chi connectivity index (χ0n) is 12.6. The number of rotatable bonds is 4. The van der Waals surface area contributed by atoms with Gasteiger partial charge in [0.15, 0.2) is 0 Å². The van der Waals surface area contributed by atoms with Gasteiger partial charge < -0.3 is 10.4 Å². The van der Waals surface area contributed by atoms with E-state index in [-0.39, 0.29) is 12.0 Å². The number of nitrogens with one attached hydrogen (secondary N) is 1. The molecule has 0 unspecified atom stereocenters. The second-order valence-electron chi connectivity index (χ2n) is 6.10. The fraction of sp³-hybridized carbons (Fsp3) is 0.438. The summed E-state index contributed by atoms with van der Waals surface area (Å²) in [7, 11) is 1.94. The molecule has 2 aromatic rings. The molecule has 4 nitrogen and oxygen atoms in total. The lowest BCUT2D eigenvalue weighted by atomic mass is 9.89. The average molecular weight is 273 g/mol. The van der Waals surface area contributed by atoms with Gasteiger partial charge in [0.1, 0.15) is 0 Å². The lowest BCUT2D eigenvalue weighted by Gasteiger charge is -2.18. The van der Waals surface area contributed by atoms with Crippen molar-refractivity contribution >= 4 is 5.69 Å². The van der Waals surface area contributed by atoms with Crippen molar-refractivity contribution in [3.8, 4) is 0 Å². The molecule has 0 fully saturated rings. The van der Waals surface area contributed by atoms with Crippen LogP contribution in [0, 0.1) is 0 Å². The maximum atomic E-state index is 9.35. The standard InChI is InChI=1S/C16H23N3O/c1-16(2,3)15-13(10-19(4)18-15)9-17-14-8-6-5-7-12(14)11-20/h5-8,10,17,20H,9,11H2,1-4H3. The smallest absolute Gasteiger partial charge is 0.0727 e. The van der Waals surface area contributed by atoms with Gasteiger partial charge in [0.25, 0.3) is 0 Å². The van der Waals surface area contributed by atoms with Crippen molar-refractivity contribution in [1.29, 1.82) is 0 Å². The molecule has 108 valence electrons. The van der Waals surface area contributed by atoms with Gasteiger partial charge >= 0.3 is 0 Å². The van der Waals surface area contributed by atoms with Gasteiger partial charge in [-0.25, -0.2) is 0 Å². The van der Waals surface area contributed by atoms with Crippen molar-refractivity contribution < 1.29 is 5.11 Å². The monoisotopic (exact) mass is 273 g/mol. The number of aliphatic hydroxyl groups excluding tert-OH is 1. The minimum Gasteiger partial charge on any atom is -0.392 e. The van der Waals surface area contributed by atoms with Crippen molar-refractivity contribution in [2.45, 2.75) is 39.3 Å². The lowest BCUT2D eigenvalue weighted by Crippen LogP contribution is -2.16. The van der Waals surface area contributed by atoms with Crippen LogP contribution in [0.15, 0.2) is 30.5 Å². The van der Waals surface area contributed by atoms with E-state index in [9.17, 15) is 5.11 Å². The van der Waals surface area contributed by atoms with Crippen LogP contribution in [0.3, 0.4) is 0 Å². The zero-order chi connectivity index (χ0) is 14.8. The van der Waals surface area contributed by atoms with Crippen LogP contribution >= 0.6 is 0 Å². The second kappa shape index (κ2) is 5.67. The fourth-order valence-corrected chi connectivity index (χ4v) is 2.32. The van der Waals surface area contributed by atoms with Crippen LogP contribution in [0.25, 0.3) is 0 Å². The van der Waals surface area contributed by atoms with E-state index in [0.717, 1.165) is 16.9 Å². The highest BCUT2D eigenvalue weighted by Gasteiger charge is 2.21. The van der Waals surface area contributed by atoms with Crippen molar-refractivity contribution in [2.24, 2.45) is 7.05 Å². The highest BCUT2D eigenvalue weighted by atomic mass is 16.3. The van der Waals surface area contributed by atoms with Gasteiger partial charge in [-0.3, -0.25) is 4.68 Å². The molecule has 1 heterocycles. The summed E-state index contributed by atoms with van der Waals surface area (Å²) in [6, 6.07) is 7.81. The molecule has 0 amide bonds. The summed E-state index contributed by atoms with van der Waals surface area (Å²) in [6.45, 7) is 7.25. The summed E-state index contributed by atoms with van der Waals surface area (Å²) in [4.78, 5) is 0. The van der Waals surface area contributed by atoms with E-state index in [1.807, 2.05) is 36.0 Å². The molecular weight excluding hydrogens is 250 g/mol. The Hall–Kier alpha value is -1.81. The summed E-state index contributed by atoms with van der Waals surface area (Å²) in [5.74, 6) is 0. The molecule has 0 bridgehead atoms. The molecule has 0 aliphatic carbocycles. The first kappa shape index (κ1) is 14.6. The summed E-state index contributed by atoms with van der Waals surface area (Å²) >= 11 is 0. The van der Waals surface area contributed by atoms with E-state index in [1.165, 1.54) is 5.56 Å². The number of aryl methyl sites for hydroxylation is 1. The molecule has 4 heteroatoms. The van der Waals surface area contributed by atoms with Gasteiger partial charge in [-0.05, 0) is 6.07 Å². The maximum absolute atomic E-state index is 9.35. The number of benzene rings is 1. The predicted molar refractivity (Wildman–Crippen MR) is 81.6 cm³/mol. The normalized spacial score (nSPS) is 11.7. The van der Waals surface area contributed by atoms with E-state index in [0.29, 0.717) is 6.54 Å². The Morgan fingerprint density at radius 2 is 1.90 bits per heavy atom. The Bertz CT molecular complexity index is 582. The van der Waals surface area contributed by atoms with Crippen molar-refractivity contribution in [1.82, 2.24) is 9.78 Å². The molecular formula is C16H23N3O. The van der Waals surface area contributed by atoms with Crippen molar-refractivity contribution in [2.75, 3.05) is 5.32 Å². The van der Waals surface area contributed by atoms with Crippen molar-refractivity contribution in [3.05, 3.63) is 47.3 Å². The summed E-state index contributed by atoms with van der Waals surface area (Å²) in [6.07, 6.45) is 2.05. The lowest BCUT2D eigenvalue weighted by molar-refractivity contribution is 0.282. The second-order valence-corrected chi connectivity index (χ2v) is 6.10. The van der Waals surface area contributed by atoms with Crippen molar-refractivity contribution in [3.63, 3.8) is 0 Å². The number of hydrogen-bond donors (Lipinski definition) is 2. The first-order valence-corrected chi connectivity index (χ1v) is 6.87. The third-order valence-electron chi connectivity index (χ3n) is 3.27. The SMILES string of the molecule is Cn1cc(CNc2ccccc2CO)c(C(C)(C)C)n1. The molecule has 0 spiro atoms. The minimum atomic E-state index is 0.0226. The third-order valence-corrected chi connectivity index (χ3v) is 3.27. The third kappa shape index (κ3) is 3.20. The largest absolute Gasteiger partial charge is 0.392 e. The van der Waals surface area contributed by atoms with E-state index in [1.54, 1.807) is 0 Å². The van der Waals surface area contributed by atoms with Gasteiger partial charge in [-0.2, -0.15) is 5.10 Å².